The van der Waals surface area contributed by atoms with Crippen molar-refractivity contribution in [3.8, 4) is 0 Å². The SMILES string of the molecule is O=C1S/C(=C\c2ccc(C(F)(F)F)cc2)C(=O)N1Cc1ccc(F)cc1. The predicted molar refractivity (Wildman–Crippen MR) is 89.4 cm³/mol. The molecule has 0 saturated carbocycles. The lowest BCUT2D eigenvalue weighted by Crippen LogP contribution is -2.27. The summed E-state index contributed by atoms with van der Waals surface area (Å²) in [6.07, 6.45) is -3.07. The Morgan fingerprint density at radius 1 is 0.962 bits per heavy atom. The Morgan fingerprint density at radius 2 is 1.58 bits per heavy atom. The molecule has 8 heteroatoms. The monoisotopic (exact) mass is 381 g/mol. The number of carbonyl (C=O) groups is 2. The van der Waals surface area contributed by atoms with Gasteiger partial charge in [-0.1, -0.05) is 24.3 Å². The third kappa shape index (κ3) is 3.96. The lowest BCUT2D eigenvalue weighted by molar-refractivity contribution is -0.137. The van der Waals surface area contributed by atoms with Crippen molar-refractivity contribution in [2.45, 2.75) is 12.7 Å². The molecule has 1 saturated heterocycles. The molecular formula is C18H11F4NO2S. The highest BCUT2D eigenvalue weighted by atomic mass is 32.2. The Balaban J connectivity index is 1.77. The molecule has 1 heterocycles. The van der Waals surface area contributed by atoms with Gasteiger partial charge < -0.3 is 0 Å². The number of hydrogen-bond donors (Lipinski definition) is 0. The van der Waals surface area contributed by atoms with Gasteiger partial charge in [0.1, 0.15) is 5.82 Å². The van der Waals surface area contributed by atoms with Crippen LogP contribution in [0.2, 0.25) is 0 Å². The van der Waals surface area contributed by atoms with Crippen LogP contribution in [0.15, 0.2) is 53.4 Å². The third-order valence-electron chi connectivity index (χ3n) is 3.66. The minimum Gasteiger partial charge on any atom is -0.268 e. The first kappa shape index (κ1) is 18.2. The molecule has 0 aliphatic carbocycles. The molecule has 0 aromatic heterocycles. The summed E-state index contributed by atoms with van der Waals surface area (Å²) >= 11 is 0.711. The summed E-state index contributed by atoms with van der Waals surface area (Å²) in [4.78, 5) is 25.6. The van der Waals surface area contributed by atoms with Crippen molar-refractivity contribution in [2.24, 2.45) is 0 Å². The normalized spacial score (nSPS) is 16.6. The maximum Gasteiger partial charge on any atom is 0.416 e. The van der Waals surface area contributed by atoms with Crippen LogP contribution in [0.1, 0.15) is 16.7 Å². The number of benzene rings is 2. The van der Waals surface area contributed by atoms with Crippen molar-refractivity contribution in [3.63, 3.8) is 0 Å². The Labute approximate surface area is 150 Å². The quantitative estimate of drug-likeness (QED) is 0.550. The van der Waals surface area contributed by atoms with Gasteiger partial charge in [-0.25, -0.2) is 4.39 Å². The summed E-state index contributed by atoms with van der Waals surface area (Å²) in [6, 6.07) is 9.69. The van der Waals surface area contributed by atoms with Crippen LogP contribution in [-0.4, -0.2) is 16.0 Å². The van der Waals surface area contributed by atoms with Gasteiger partial charge in [-0.2, -0.15) is 13.2 Å². The molecule has 0 atom stereocenters. The fourth-order valence-corrected chi connectivity index (χ4v) is 3.17. The van der Waals surface area contributed by atoms with Gasteiger partial charge in [-0.3, -0.25) is 14.5 Å². The molecular weight excluding hydrogens is 370 g/mol. The third-order valence-corrected chi connectivity index (χ3v) is 4.57. The van der Waals surface area contributed by atoms with E-state index in [0.29, 0.717) is 22.9 Å². The minimum atomic E-state index is -4.44. The number of hydrogen-bond acceptors (Lipinski definition) is 3. The van der Waals surface area contributed by atoms with Gasteiger partial charge in [0.15, 0.2) is 0 Å². The second-order valence-electron chi connectivity index (χ2n) is 5.51. The van der Waals surface area contributed by atoms with Gasteiger partial charge in [0.05, 0.1) is 17.0 Å². The highest BCUT2D eigenvalue weighted by Crippen LogP contribution is 2.34. The van der Waals surface area contributed by atoms with Crippen molar-refractivity contribution in [1.82, 2.24) is 4.90 Å². The average molecular weight is 381 g/mol. The summed E-state index contributed by atoms with van der Waals surface area (Å²) < 4.78 is 50.6. The summed E-state index contributed by atoms with van der Waals surface area (Å²) in [5.41, 5.74) is 0.175. The van der Waals surface area contributed by atoms with E-state index in [0.717, 1.165) is 17.0 Å². The predicted octanol–water partition coefficient (Wildman–Crippen LogP) is 5.08. The molecule has 0 bridgehead atoms. The largest absolute Gasteiger partial charge is 0.416 e. The van der Waals surface area contributed by atoms with Gasteiger partial charge in [0.2, 0.25) is 0 Å². The summed E-state index contributed by atoms with van der Waals surface area (Å²) in [5, 5.41) is -0.488. The number of carbonyl (C=O) groups excluding carboxylic acids is 2. The van der Waals surface area contributed by atoms with Crippen molar-refractivity contribution in [1.29, 1.82) is 0 Å². The Kier molecular flexibility index (Phi) is 4.86. The average Bonchev–Trinajstić information content (AvgIpc) is 2.84. The smallest absolute Gasteiger partial charge is 0.268 e. The molecule has 2 aromatic rings. The molecule has 0 unspecified atom stereocenters. The van der Waals surface area contributed by atoms with Crippen molar-refractivity contribution < 1.29 is 27.2 Å². The first-order valence-electron chi connectivity index (χ1n) is 7.41. The number of thioether (sulfide) groups is 1. The Bertz CT molecular complexity index is 874. The number of alkyl halides is 3. The molecule has 0 radical (unpaired) electrons. The second-order valence-corrected chi connectivity index (χ2v) is 6.51. The van der Waals surface area contributed by atoms with Gasteiger partial charge in [-0.15, -0.1) is 0 Å². The number of nitrogens with zero attached hydrogens (tertiary/aromatic N) is 1. The van der Waals surface area contributed by atoms with Crippen LogP contribution in [0.25, 0.3) is 6.08 Å². The van der Waals surface area contributed by atoms with Crippen LogP contribution in [0, 0.1) is 5.82 Å². The molecule has 1 aliphatic heterocycles. The fraction of sp³-hybridized carbons (Fsp3) is 0.111. The summed E-state index contributed by atoms with van der Waals surface area (Å²) in [6.45, 7) is -0.00466. The first-order chi connectivity index (χ1) is 12.2. The molecule has 0 spiro atoms. The van der Waals surface area contributed by atoms with E-state index in [1.54, 1.807) is 0 Å². The molecule has 26 heavy (non-hydrogen) atoms. The van der Waals surface area contributed by atoms with E-state index in [9.17, 15) is 27.2 Å². The number of imide groups is 1. The van der Waals surface area contributed by atoms with Crippen LogP contribution in [0.3, 0.4) is 0 Å². The maximum absolute atomic E-state index is 12.9. The van der Waals surface area contributed by atoms with Crippen LogP contribution in [0.4, 0.5) is 22.4 Å². The lowest BCUT2D eigenvalue weighted by Gasteiger charge is -2.12. The number of rotatable bonds is 3. The van der Waals surface area contributed by atoms with Gasteiger partial charge in [-0.05, 0) is 53.2 Å². The van der Waals surface area contributed by atoms with Crippen LogP contribution < -0.4 is 0 Å². The van der Waals surface area contributed by atoms with Crippen molar-refractivity contribution in [2.75, 3.05) is 0 Å². The molecule has 1 fully saturated rings. The van der Waals surface area contributed by atoms with Gasteiger partial charge in [0, 0.05) is 0 Å². The molecule has 3 nitrogen and oxygen atoms in total. The first-order valence-corrected chi connectivity index (χ1v) is 8.23. The molecule has 0 N–H and O–H groups in total. The van der Waals surface area contributed by atoms with Crippen molar-refractivity contribution in [3.05, 3.63) is 75.9 Å². The van der Waals surface area contributed by atoms with E-state index in [-0.39, 0.29) is 11.4 Å². The highest BCUT2D eigenvalue weighted by molar-refractivity contribution is 8.18. The summed E-state index contributed by atoms with van der Waals surface area (Å²) in [7, 11) is 0. The maximum atomic E-state index is 12.9. The van der Waals surface area contributed by atoms with Gasteiger partial charge in [0.25, 0.3) is 11.1 Å². The Hall–Kier alpha value is -2.61. The zero-order valence-corrected chi connectivity index (χ0v) is 13.9. The van der Waals surface area contributed by atoms with E-state index >= 15 is 0 Å². The Morgan fingerprint density at radius 3 is 2.15 bits per heavy atom. The molecule has 1 aliphatic rings. The van der Waals surface area contributed by atoms with Crippen LogP contribution in [-0.2, 0) is 17.5 Å². The van der Waals surface area contributed by atoms with E-state index in [2.05, 4.69) is 0 Å². The van der Waals surface area contributed by atoms with E-state index in [1.165, 1.54) is 42.5 Å². The van der Waals surface area contributed by atoms with Crippen LogP contribution in [0.5, 0.6) is 0 Å². The summed E-state index contributed by atoms with van der Waals surface area (Å²) in [5.74, 6) is -0.964. The molecule has 3 rings (SSSR count). The molecule has 134 valence electrons. The van der Waals surface area contributed by atoms with E-state index in [4.69, 9.17) is 0 Å². The minimum absolute atomic E-state index is 0.00466. The highest BCUT2D eigenvalue weighted by Gasteiger charge is 2.35. The lowest BCUT2D eigenvalue weighted by atomic mass is 10.1. The molecule has 2 aromatic carbocycles. The van der Waals surface area contributed by atoms with Crippen molar-refractivity contribution >= 4 is 29.0 Å². The topological polar surface area (TPSA) is 37.4 Å². The standard InChI is InChI=1S/C18H11F4NO2S/c19-14-7-3-12(4-8-14)10-23-16(24)15(26-17(23)25)9-11-1-5-13(6-2-11)18(20,21)22/h1-9H,10H2/b15-9-. The number of halogens is 4. The zero-order valence-electron chi connectivity index (χ0n) is 13.1. The van der Waals surface area contributed by atoms with E-state index < -0.39 is 28.7 Å². The zero-order chi connectivity index (χ0) is 18.9. The number of amides is 2. The fourth-order valence-electron chi connectivity index (χ4n) is 2.33. The molecule has 2 amide bonds. The van der Waals surface area contributed by atoms with E-state index in [1.807, 2.05) is 0 Å². The van der Waals surface area contributed by atoms with Crippen LogP contribution >= 0.6 is 11.8 Å². The van der Waals surface area contributed by atoms with Gasteiger partial charge >= 0.3 is 6.18 Å². The second kappa shape index (κ2) is 6.95.